The molecule has 28 heavy (non-hydrogen) atoms. The van der Waals surface area contributed by atoms with Gasteiger partial charge < -0.3 is 10.6 Å². The average Bonchev–Trinajstić information content (AvgIpc) is 3.02. The van der Waals surface area contributed by atoms with Crippen molar-refractivity contribution in [3.05, 3.63) is 70.7 Å². The fourth-order valence-electron chi connectivity index (χ4n) is 3.14. The second kappa shape index (κ2) is 9.37. The number of halogens is 1. The Morgan fingerprint density at radius 3 is 2.46 bits per heavy atom. The van der Waals surface area contributed by atoms with Crippen LogP contribution in [0, 0.1) is 0 Å². The zero-order valence-corrected chi connectivity index (χ0v) is 16.1. The van der Waals surface area contributed by atoms with Crippen LogP contribution in [0.4, 0.5) is 4.79 Å². The molecule has 1 heterocycles. The topological polar surface area (TPSA) is 78.5 Å². The molecule has 0 radical (unpaired) electrons. The highest BCUT2D eigenvalue weighted by molar-refractivity contribution is 6.30. The minimum Gasteiger partial charge on any atom is -0.349 e. The number of urea groups is 1. The predicted molar refractivity (Wildman–Crippen MR) is 107 cm³/mol. The van der Waals surface area contributed by atoms with Crippen LogP contribution in [0.3, 0.4) is 0 Å². The highest BCUT2D eigenvalue weighted by Gasteiger charge is 2.27. The Bertz CT molecular complexity index is 824. The van der Waals surface area contributed by atoms with Crippen molar-refractivity contribution in [1.82, 2.24) is 15.5 Å². The van der Waals surface area contributed by atoms with Crippen molar-refractivity contribution in [2.45, 2.75) is 25.3 Å². The fourth-order valence-corrected chi connectivity index (χ4v) is 3.27. The van der Waals surface area contributed by atoms with E-state index < -0.39 is 6.03 Å². The highest BCUT2D eigenvalue weighted by atomic mass is 35.5. The molecule has 6 nitrogen and oxygen atoms in total. The van der Waals surface area contributed by atoms with Gasteiger partial charge in [0.2, 0.25) is 11.8 Å². The Morgan fingerprint density at radius 1 is 1.11 bits per heavy atom. The van der Waals surface area contributed by atoms with E-state index in [1.807, 2.05) is 54.6 Å². The number of nitrogens with one attached hydrogen (secondary N) is 2. The summed E-state index contributed by atoms with van der Waals surface area (Å²) >= 11 is 5.96. The Kier molecular flexibility index (Phi) is 6.66. The van der Waals surface area contributed by atoms with E-state index >= 15 is 0 Å². The number of hydrogen-bond donors (Lipinski definition) is 2. The largest absolute Gasteiger partial charge is 0.349 e. The Morgan fingerprint density at radius 2 is 1.82 bits per heavy atom. The number of rotatable bonds is 8. The molecule has 0 aliphatic carbocycles. The van der Waals surface area contributed by atoms with E-state index in [-0.39, 0.29) is 37.4 Å². The van der Waals surface area contributed by atoms with Gasteiger partial charge in [-0.05, 0) is 36.1 Å². The molecule has 1 atom stereocenters. The van der Waals surface area contributed by atoms with E-state index in [1.165, 1.54) is 0 Å². The van der Waals surface area contributed by atoms with E-state index in [0.29, 0.717) is 17.9 Å². The van der Waals surface area contributed by atoms with E-state index in [2.05, 4.69) is 10.6 Å². The number of imide groups is 1. The fraction of sp³-hybridized carbons (Fsp3) is 0.286. The molecule has 1 fully saturated rings. The zero-order valence-electron chi connectivity index (χ0n) is 15.4. The lowest BCUT2D eigenvalue weighted by Crippen LogP contribution is -2.34. The highest BCUT2D eigenvalue weighted by Crippen LogP contribution is 2.20. The molecule has 3 rings (SSSR count). The van der Waals surface area contributed by atoms with Gasteiger partial charge in [0.15, 0.2) is 0 Å². The molecule has 1 unspecified atom stereocenters. The van der Waals surface area contributed by atoms with Crippen LogP contribution in [0.2, 0.25) is 5.02 Å². The minimum atomic E-state index is -0.393. The van der Waals surface area contributed by atoms with Gasteiger partial charge in [0.25, 0.3) is 0 Å². The standard InChI is InChI=1S/C21H22ClN3O3/c22-17-10-8-15(9-11-17)13-18(16-5-2-1-3-6-16)24-19(26)7-4-12-25-20(27)14-23-21(25)28/h1-3,5-6,8-11,18H,4,7,12-14H2,(H,23,28)(H,24,26). The molecule has 2 aromatic rings. The number of hydrogen-bond acceptors (Lipinski definition) is 3. The van der Waals surface area contributed by atoms with Gasteiger partial charge in [-0.15, -0.1) is 0 Å². The summed E-state index contributed by atoms with van der Waals surface area (Å²) in [7, 11) is 0. The van der Waals surface area contributed by atoms with E-state index in [9.17, 15) is 14.4 Å². The number of carbonyl (C=O) groups excluding carboxylic acids is 3. The maximum atomic E-state index is 12.5. The molecule has 0 aromatic heterocycles. The predicted octanol–water partition coefficient (Wildman–Crippen LogP) is 3.07. The van der Waals surface area contributed by atoms with Crippen LogP contribution in [-0.4, -0.2) is 35.8 Å². The summed E-state index contributed by atoms with van der Waals surface area (Å²) in [4.78, 5) is 36.7. The molecule has 0 bridgehead atoms. The minimum absolute atomic E-state index is 0.0300. The summed E-state index contributed by atoms with van der Waals surface area (Å²) in [5, 5.41) is 6.21. The lowest BCUT2D eigenvalue weighted by molar-refractivity contribution is -0.126. The summed E-state index contributed by atoms with van der Waals surface area (Å²) < 4.78 is 0. The van der Waals surface area contributed by atoms with Crippen molar-refractivity contribution in [2.24, 2.45) is 0 Å². The van der Waals surface area contributed by atoms with Crippen LogP contribution < -0.4 is 10.6 Å². The van der Waals surface area contributed by atoms with E-state index in [4.69, 9.17) is 11.6 Å². The molecular weight excluding hydrogens is 378 g/mol. The van der Waals surface area contributed by atoms with Gasteiger partial charge in [0.1, 0.15) is 0 Å². The Balaban J connectivity index is 1.59. The van der Waals surface area contributed by atoms with Crippen LogP contribution in [0.25, 0.3) is 0 Å². The van der Waals surface area contributed by atoms with Gasteiger partial charge in [-0.2, -0.15) is 0 Å². The van der Waals surface area contributed by atoms with Gasteiger partial charge in [0, 0.05) is 18.0 Å². The van der Waals surface area contributed by atoms with Gasteiger partial charge in [-0.1, -0.05) is 54.1 Å². The first kappa shape index (κ1) is 19.9. The zero-order chi connectivity index (χ0) is 19.9. The van der Waals surface area contributed by atoms with Crippen molar-refractivity contribution < 1.29 is 14.4 Å². The molecule has 0 spiro atoms. The summed E-state index contributed by atoms with van der Waals surface area (Å²) in [6.45, 7) is 0.271. The number of benzene rings is 2. The summed E-state index contributed by atoms with van der Waals surface area (Å²) in [6.07, 6.45) is 1.30. The SMILES string of the molecule is O=C(CCCN1C(=O)CNC1=O)NC(Cc1ccc(Cl)cc1)c1ccccc1. The van der Waals surface area contributed by atoms with Crippen LogP contribution in [-0.2, 0) is 16.0 Å². The number of nitrogens with zero attached hydrogens (tertiary/aromatic N) is 1. The second-order valence-corrected chi connectivity index (χ2v) is 7.11. The first-order valence-electron chi connectivity index (χ1n) is 9.20. The van der Waals surface area contributed by atoms with E-state index in [0.717, 1.165) is 16.0 Å². The molecule has 0 saturated carbocycles. The number of amides is 4. The third kappa shape index (κ3) is 5.33. The third-order valence-electron chi connectivity index (χ3n) is 4.61. The molecule has 2 N–H and O–H groups in total. The van der Waals surface area contributed by atoms with Crippen molar-refractivity contribution in [3.63, 3.8) is 0 Å². The first-order valence-corrected chi connectivity index (χ1v) is 9.57. The Hall–Kier alpha value is -2.86. The lowest BCUT2D eigenvalue weighted by Gasteiger charge is -2.20. The summed E-state index contributed by atoms with van der Waals surface area (Å²) in [5.41, 5.74) is 2.08. The molecule has 1 aliphatic heterocycles. The van der Waals surface area contributed by atoms with Crippen molar-refractivity contribution >= 4 is 29.4 Å². The second-order valence-electron chi connectivity index (χ2n) is 6.67. The average molecular weight is 400 g/mol. The van der Waals surface area contributed by atoms with Crippen LogP contribution >= 0.6 is 11.6 Å². The van der Waals surface area contributed by atoms with Crippen molar-refractivity contribution in [1.29, 1.82) is 0 Å². The molecule has 4 amide bonds. The van der Waals surface area contributed by atoms with Crippen molar-refractivity contribution in [3.8, 4) is 0 Å². The van der Waals surface area contributed by atoms with Gasteiger partial charge in [-0.3, -0.25) is 14.5 Å². The van der Waals surface area contributed by atoms with Crippen LogP contribution in [0.15, 0.2) is 54.6 Å². The molecular formula is C21H22ClN3O3. The first-order chi connectivity index (χ1) is 13.5. The van der Waals surface area contributed by atoms with Crippen molar-refractivity contribution in [2.75, 3.05) is 13.1 Å². The molecule has 146 valence electrons. The maximum Gasteiger partial charge on any atom is 0.324 e. The van der Waals surface area contributed by atoms with Gasteiger partial charge >= 0.3 is 6.03 Å². The molecule has 7 heteroatoms. The molecule has 2 aromatic carbocycles. The summed E-state index contributed by atoms with van der Waals surface area (Å²) in [5.74, 6) is -0.370. The normalized spacial score (nSPS) is 14.7. The van der Waals surface area contributed by atoms with Crippen LogP contribution in [0.5, 0.6) is 0 Å². The third-order valence-corrected chi connectivity index (χ3v) is 4.86. The smallest absolute Gasteiger partial charge is 0.324 e. The maximum absolute atomic E-state index is 12.5. The number of carbonyl (C=O) groups is 3. The molecule has 1 saturated heterocycles. The van der Waals surface area contributed by atoms with E-state index in [1.54, 1.807) is 0 Å². The quantitative estimate of drug-likeness (QED) is 0.669. The lowest BCUT2D eigenvalue weighted by atomic mass is 9.98. The monoisotopic (exact) mass is 399 g/mol. The Labute approximate surface area is 168 Å². The van der Waals surface area contributed by atoms with Gasteiger partial charge in [0.05, 0.1) is 12.6 Å². The van der Waals surface area contributed by atoms with Gasteiger partial charge in [-0.25, -0.2) is 4.79 Å². The molecule has 1 aliphatic rings. The van der Waals surface area contributed by atoms with Crippen LogP contribution in [0.1, 0.15) is 30.0 Å². The summed E-state index contributed by atoms with van der Waals surface area (Å²) in [6, 6.07) is 16.8.